The van der Waals surface area contributed by atoms with Crippen LogP contribution in [0.25, 0.3) is 0 Å². The smallest absolute Gasteiger partial charge is 0.303 e. The Morgan fingerprint density at radius 1 is 1.16 bits per heavy atom. The Morgan fingerprint density at radius 2 is 1.87 bits per heavy atom. The third-order valence-corrected chi connectivity index (χ3v) is 8.75. The van der Waals surface area contributed by atoms with Gasteiger partial charge in [-0.1, -0.05) is 18.2 Å². The number of nitrogens with one attached hydrogen (secondary N) is 1. The Balaban J connectivity index is 1.67. The molecule has 2 N–H and O–H groups in total. The van der Waals surface area contributed by atoms with Gasteiger partial charge in [0, 0.05) is 17.8 Å². The number of thiophene rings is 1. The van der Waals surface area contributed by atoms with E-state index in [4.69, 9.17) is 9.26 Å². The van der Waals surface area contributed by atoms with Crippen molar-refractivity contribution in [2.75, 3.05) is 6.61 Å². The molecule has 2 aromatic carbocycles. The predicted octanol–water partition coefficient (Wildman–Crippen LogP) is 4.33. The van der Waals surface area contributed by atoms with E-state index in [9.17, 15) is 14.6 Å². The number of fused-ring (bicyclic) bond motifs is 1. The third kappa shape index (κ3) is 4.44. The van der Waals surface area contributed by atoms with Gasteiger partial charge in [0.25, 0.3) is 5.91 Å². The van der Waals surface area contributed by atoms with Crippen molar-refractivity contribution >= 4 is 30.1 Å². The molecule has 2 heterocycles. The molecule has 1 unspecified atom stereocenters. The molecule has 7 nitrogen and oxygen atoms in total. The standard InChI is InChI=1S/C22H23N2O5PS/c1-2-28-30(27,19-10-8-18(9-11-19)29-17-6-4-3-5-7-17)24-15-16-12-13-31-21(16)14-20(24)22(25)23-26/h3-13,20,26H,2,14-15H2,1H3,(H,23,25)/t20-,30?/m1/s1. The van der Waals surface area contributed by atoms with Gasteiger partial charge in [0.15, 0.2) is 0 Å². The topological polar surface area (TPSA) is 88.1 Å². The van der Waals surface area contributed by atoms with E-state index in [0.29, 0.717) is 23.2 Å². The van der Waals surface area contributed by atoms with E-state index in [2.05, 4.69) is 0 Å². The van der Waals surface area contributed by atoms with Crippen molar-refractivity contribution in [2.24, 2.45) is 0 Å². The van der Waals surface area contributed by atoms with Crippen molar-refractivity contribution < 1.29 is 23.8 Å². The molecule has 0 bridgehead atoms. The molecule has 0 radical (unpaired) electrons. The fraction of sp³-hybridized carbons (Fsp3) is 0.227. The van der Waals surface area contributed by atoms with Crippen molar-refractivity contribution in [1.29, 1.82) is 0 Å². The first-order valence-corrected chi connectivity index (χ1v) is 12.4. The van der Waals surface area contributed by atoms with E-state index in [0.717, 1.165) is 10.4 Å². The first-order valence-electron chi connectivity index (χ1n) is 9.89. The van der Waals surface area contributed by atoms with Crippen molar-refractivity contribution in [2.45, 2.75) is 25.9 Å². The number of ether oxygens (including phenoxy) is 1. The summed E-state index contributed by atoms with van der Waals surface area (Å²) < 4.78 is 27.4. The maximum absolute atomic E-state index is 14.2. The summed E-state index contributed by atoms with van der Waals surface area (Å²) in [5.41, 5.74) is 2.73. The van der Waals surface area contributed by atoms with Gasteiger partial charge < -0.3 is 9.26 Å². The van der Waals surface area contributed by atoms with Gasteiger partial charge in [-0.05, 0) is 60.3 Å². The van der Waals surface area contributed by atoms with Crippen LogP contribution in [0, 0.1) is 0 Å². The van der Waals surface area contributed by atoms with E-state index in [1.807, 2.05) is 41.8 Å². The van der Waals surface area contributed by atoms with E-state index < -0.39 is 19.5 Å². The summed E-state index contributed by atoms with van der Waals surface area (Å²) in [5.74, 6) is 0.688. The van der Waals surface area contributed by atoms with Crippen LogP contribution >= 0.6 is 18.9 Å². The molecule has 2 atom stereocenters. The summed E-state index contributed by atoms with van der Waals surface area (Å²) >= 11 is 1.55. The normalized spacial score (nSPS) is 18.1. The van der Waals surface area contributed by atoms with Crippen molar-refractivity contribution in [1.82, 2.24) is 10.2 Å². The predicted molar refractivity (Wildman–Crippen MR) is 119 cm³/mol. The van der Waals surface area contributed by atoms with E-state index in [1.165, 1.54) is 0 Å². The Kier molecular flexibility index (Phi) is 6.55. The highest BCUT2D eigenvalue weighted by Gasteiger charge is 2.44. The minimum Gasteiger partial charge on any atom is -0.457 e. The van der Waals surface area contributed by atoms with Gasteiger partial charge in [-0.15, -0.1) is 11.3 Å². The molecular formula is C22H23N2O5PS. The summed E-state index contributed by atoms with van der Waals surface area (Å²) in [6, 6.07) is 17.4. The lowest BCUT2D eigenvalue weighted by Crippen LogP contribution is -2.49. The zero-order chi connectivity index (χ0) is 21.8. The minimum absolute atomic E-state index is 0.208. The van der Waals surface area contributed by atoms with Crippen LogP contribution in [0.5, 0.6) is 11.5 Å². The average molecular weight is 458 g/mol. The number of nitrogens with zero attached hydrogens (tertiary/aromatic N) is 1. The largest absolute Gasteiger partial charge is 0.457 e. The fourth-order valence-corrected chi connectivity index (χ4v) is 6.93. The van der Waals surface area contributed by atoms with Crippen LogP contribution in [-0.2, 0) is 26.8 Å². The molecule has 4 rings (SSSR count). The second-order valence-corrected chi connectivity index (χ2v) is 10.3. The number of rotatable bonds is 7. The summed E-state index contributed by atoms with van der Waals surface area (Å²) in [4.78, 5) is 13.5. The van der Waals surface area contributed by atoms with Gasteiger partial charge >= 0.3 is 7.52 Å². The zero-order valence-electron chi connectivity index (χ0n) is 16.9. The minimum atomic E-state index is -3.59. The van der Waals surface area contributed by atoms with Crippen LogP contribution in [0.3, 0.4) is 0 Å². The van der Waals surface area contributed by atoms with Crippen molar-refractivity contribution in [3.05, 3.63) is 76.5 Å². The summed E-state index contributed by atoms with van der Waals surface area (Å²) in [6.07, 6.45) is 0.353. The molecule has 0 saturated heterocycles. The second kappa shape index (κ2) is 9.34. The highest BCUT2D eigenvalue weighted by atomic mass is 32.1. The maximum atomic E-state index is 14.2. The lowest BCUT2D eigenvalue weighted by atomic mass is 10.0. The van der Waals surface area contributed by atoms with Crippen molar-refractivity contribution in [3.8, 4) is 11.5 Å². The molecule has 0 spiro atoms. The molecule has 0 aliphatic carbocycles. The first-order chi connectivity index (χ1) is 15.0. The van der Waals surface area contributed by atoms with Gasteiger partial charge in [-0.2, -0.15) is 0 Å². The number of para-hydroxylation sites is 1. The third-order valence-electron chi connectivity index (χ3n) is 5.11. The van der Waals surface area contributed by atoms with Crippen molar-refractivity contribution in [3.63, 3.8) is 0 Å². The number of hydrogen-bond donors (Lipinski definition) is 2. The van der Waals surface area contributed by atoms with Crippen LogP contribution < -0.4 is 15.5 Å². The Labute approximate surface area is 184 Å². The number of hydroxylamine groups is 1. The van der Waals surface area contributed by atoms with Crippen LogP contribution in [0.4, 0.5) is 0 Å². The maximum Gasteiger partial charge on any atom is 0.303 e. The summed E-state index contributed by atoms with van der Waals surface area (Å²) in [6.45, 7) is 2.26. The number of hydrogen-bond acceptors (Lipinski definition) is 6. The lowest BCUT2D eigenvalue weighted by molar-refractivity contribution is -0.133. The molecule has 9 heteroatoms. The molecule has 0 saturated carbocycles. The van der Waals surface area contributed by atoms with Crippen LogP contribution in [-0.4, -0.2) is 28.4 Å². The van der Waals surface area contributed by atoms with E-state index >= 15 is 0 Å². The van der Waals surface area contributed by atoms with Crippen LogP contribution in [0.15, 0.2) is 66.0 Å². The molecule has 3 aromatic rings. The highest BCUT2D eigenvalue weighted by molar-refractivity contribution is 7.64. The first kappa shape index (κ1) is 21.7. The lowest BCUT2D eigenvalue weighted by Gasteiger charge is -2.38. The fourth-order valence-electron chi connectivity index (χ4n) is 3.63. The molecule has 1 aliphatic heterocycles. The SMILES string of the molecule is CCOP(=O)(c1ccc(Oc2ccccc2)cc1)N1Cc2ccsc2C[C@@H]1C(=O)NO. The van der Waals surface area contributed by atoms with Gasteiger partial charge in [0.1, 0.15) is 17.5 Å². The number of amides is 1. The number of carbonyl (C=O) groups is 1. The Morgan fingerprint density at radius 3 is 2.55 bits per heavy atom. The average Bonchev–Trinajstić information content (AvgIpc) is 3.26. The molecule has 31 heavy (non-hydrogen) atoms. The van der Waals surface area contributed by atoms with Crippen LogP contribution in [0.1, 0.15) is 17.4 Å². The number of carbonyl (C=O) groups excluding carboxylic acids is 1. The molecule has 162 valence electrons. The van der Waals surface area contributed by atoms with Gasteiger partial charge in [0.2, 0.25) is 0 Å². The van der Waals surface area contributed by atoms with Gasteiger partial charge in [0.05, 0.1) is 11.9 Å². The number of benzene rings is 2. The summed E-state index contributed by atoms with van der Waals surface area (Å²) in [5, 5.41) is 11.7. The zero-order valence-corrected chi connectivity index (χ0v) is 18.6. The monoisotopic (exact) mass is 458 g/mol. The molecular weight excluding hydrogens is 435 g/mol. The molecule has 1 aromatic heterocycles. The van der Waals surface area contributed by atoms with E-state index in [1.54, 1.807) is 52.7 Å². The molecule has 1 aliphatic rings. The molecule has 1 amide bonds. The molecule has 0 fully saturated rings. The van der Waals surface area contributed by atoms with Crippen LogP contribution in [0.2, 0.25) is 0 Å². The summed E-state index contributed by atoms with van der Waals surface area (Å²) in [7, 11) is -3.59. The Hall–Kier alpha value is -2.48. The Bertz CT molecular complexity index is 1090. The quantitative estimate of drug-likeness (QED) is 0.311. The second-order valence-electron chi connectivity index (χ2n) is 7.01. The highest BCUT2D eigenvalue weighted by Crippen LogP contribution is 2.54. The van der Waals surface area contributed by atoms with Gasteiger partial charge in [-0.3, -0.25) is 14.6 Å². The van der Waals surface area contributed by atoms with E-state index in [-0.39, 0.29) is 13.2 Å². The van der Waals surface area contributed by atoms with Gasteiger partial charge in [-0.25, -0.2) is 10.2 Å².